The van der Waals surface area contributed by atoms with Crippen molar-refractivity contribution in [3.8, 4) is 0 Å². The Hall–Kier alpha value is -2.08. The van der Waals surface area contributed by atoms with Gasteiger partial charge in [0.05, 0.1) is 5.56 Å². The first-order valence-corrected chi connectivity index (χ1v) is 9.94. The number of rotatable bonds is 5. The minimum atomic E-state index is -0.193. The summed E-state index contributed by atoms with van der Waals surface area (Å²) in [5.74, 6) is 0.379. The summed E-state index contributed by atoms with van der Waals surface area (Å²) in [5, 5.41) is 4.27. The number of amides is 1. The van der Waals surface area contributed by atoms with Crippen LogP contribution in [0, 0.1) is 13.8 Å². The summed E-state index contributed by atoms with van der Waals surface area (Å²) in [5.41, 5.74) is 4.39. The molecule has 0 saturated carbocycles. The zero-order valence-corrected chi connectivity index (χ0v) is 17.1. The second-order valence-electron chi connectivity index (χ2n) is 6.10. The normalized spacial score (nSPS) is 10.7. The van der Waals surface area contributed by atoms with E-state index in [0.29, 0.717) is 26.6 Å². The van der Waals surface area contributed by atoms with Crippen LogP contribution in [-0.4, -0.2) is 15.9 Å². The van der Waals surface area contributed by atoms with Crippen molar-refractivity contribution in [2.45, 2.75) is 24.6 Å². The summed E-state index contributed by atoms with van der Waals surface area (Å²) in [6.45, 7) is 4.00. The zero-order valence-electron chi connectivity index (χ0n) is 14.8. The van der Waals surface area contributed by atoms with E-state index in [1.807, 2.05) is 26.0 Å². The van der Waals surface area contributed by atoms with Crippen molar-refractivity contribution in [2.24, 2.45) is 0 Å². The van der Waals surface area contributed by atoms with Crippen LogP contribution in [-0.2, 0) is 5.75 Å². The average molecular weight is 418 g/mol. The molecule has 0 spiro atoms. The lowest BCUT2D eigenvalue weighted by Gasteiger charge is -2.10. The minimum Gasteiger partial charge on any atom is -0.322 e. The van der Waals surface area contributed by atoms with Gasteiger partial charge in [0.15, 0.2) is 0 Å². The molecule has 4 nitrogen and oxygen atoms in total. The van der Waals surface area contributed by atoms with Crippen molar-refractivity contribution in [3.63, 3.8) is 0 Å². The van der Waals surface area contributed by atoms with Crippen molar-refractivity contribution in [1.82, 2.24) is 9.97 Å². The van der Waals surface area contributed by atoms with Crippen LogP contribution in [0.5, 0.6) is 0 Å². The molecule has 3 aromatic rings. The number of carbonyl (C=O) groups excluding carboxylic acids is 1. The molecule has 0 unspecified atom stereocenters. The second kappa shape index (κ2) is 8.74. The summed E-state index contributed by atoms with van der Waals surface area (Å²) < 4.78 is 0. The molecule has 1 amide bonds. The van der Waals surface area contributed by atoms with E-state index in [1.54, 1.807) is 30.5 Å². The second-order valence-corrected chi connectivity index (χ2v) is 7.83. The van der Waals surface area contributed by atoms with Crippen LogP contribution in [0.1, 0.15) is 27.0 Å². The maximum absolute atomic E-state index is 12.8. The Labute approximate surface area is 172 Å². The summed E-state index contributed by atoms with van der Waals surface area (Å²) in [7, 11) is 0. The molecule has 3 rings (SSSR count). The van der Waals surface area contributed by atoms with Crippen LogP contribution in [0.15, 0.2) is 53.7 Å². The van der Waals surface area contributed by atoms with Crippen molar-refractivity contribution in [1.29, 1.82) is 0 Å². The molecule has 27 heavy (non-hydrogen) atoms. The Morgan fingerprint density at radius 3 is 2.41 bits per heavy atom. The van der Waals surface area contributed by atoms with Gasteiger partial charge in [0.25, 0.3) is 5.91 Å². The monoisotopic (exact) mass is 417 g/mol. The van der Waals surface area contributed by atoms with E-state index < -0.39 is 0 Å². The van der Waals surface area contributed by atoms with E-state index in [4.69, 9.17) is 23.2 Å². The van der Waals surface area contributed by atoms with E-state index in [1.165, 1.54) is 11.8 Å². The maximum atomic E-state index is 12.8. The number of nitrogens with one attached hydrogen (secondary N) is 1. The molecule has 0 atom stereocenters. The Kier molecular flexibility index (Phi) is 6.37. The molecule has 0 saturated heterocycles. The highest BCUT2D eigenvalue weighted by atomic mass is 35.5. The highest BCUT2D eigenvalue weighted by molar-refractivity contribution is 7.98. The molecule has 0 bridgehead atoms. The Morgan fingerprint density at radius 1 is 1.07 bits per heavy atom. The van der Waals surface area contributed by atoms with Crippen LogP contribution in [0.3, 0.4) is 0 Å². The summed E-state index contributed by atoms with van der Waals surface area (Å²) >= 11 is 13.3. The van der Waals surface area contributed by atoms with Crippen LogP contribution in [0.25, 0.3) is 0 Å². The first kappa shape index (κ1) is 19.7. The standard InChI is InChI=1S/C20H17Cl2N3OS/c1-12-6-13(2)8-15(7-12)24-19(26)16-4-3-5-23-20(16)27-11-14-9-17(21)25-18(22)10-14/h3-10H,11H2,1-2H3,(H,24,26). The largest absolute Gasteiger partial charge is 0.322 e. The fourth-order valence-corrected chi connectivity index (χ4v) is 4.10. The van der Waals surface area contributed by atoms with Crippen LogP contribution in [0.4, 0.5) is 5.69 Å². The lowest BCUT2D eigenvalue weighted by molar-refractivity contribution is 0.102. The number of aromatic nitrogens is 2. The third kappa shape index (κ3) is 5.45. The van der Waals surface area contributed by atoms with Crippen molar-refractivity contribution < 1.29 is 4.79 Å². The highest BCUT2D eigenvalue weighted by Gasteiger charge is 2.14. The van der Waals surface area contributed by atoms with Gasteiger partial charge >= 0.3 is 0 Å². The number of aryl methyl sites for hydroxylation is 2. The molecule has 0 aliphatic rings. The number of carbonyl (C=O) groups is 1. The van der Waals surface area contributed by atoms with E-state index in [9.17, 15) is 4.79 Å². The molecule has 7 heteroatoms. The highest BCUT2D eigenvalue weighted by Crippen LogP contribution is 2.27. The third-order valence-electron chi connectivity index (χ3n) is 3.69. The fourth-order valence-electron chi connectivity index (χ4n) is 2.67. The van der Waals surface area contributed by atoms with Gasteiger partial charge in [0.1, 0.15) is 15.3 Å². The molecular formula is C20H17Cl2N3OS. The Bertz CT molecular complexity index is 954. The number of hydrogen-bond acceptors (Lipinski definition) is 4. The van der Waals surface area contributed by atoms with Gasteiger partial charge in [0.2, 0.25) is 0 Å². The van der Waals surface area contributed by atoms with Gasteiger partial charge in [0, 0.05) is 17.6 Å². The first-order valence-electron chi connectivity index (χ1n) is 8.20. The zero-order chi connectivity index (χ0) is 19.4. The molecule has 0 radical (unpaired) electrons. The average Bonchev–Trinajstić information content (AvgIpc) is 2.58. The lowest BCUT2D eigenvalue weighted by atomic mass is 10.1. The van der Waals surface area contributed by atoms with Gasteiger partial charge in [-0.05, 0) is 66.9 Å². The fraction of sp³-hybridized carbons (Fsp3) is 0.150. The molecule has 0 aliphatic heterocycles. The summed E-state index contributed by atoms with van der Waals surface area (Å²) in [6.07, 6.45) is 1.67. The Morgan fingerprint density at radius 2 is 1.74 bits per heavy atom. The molecule has 1 N–H and O–H groups in total. The molecule has 0 aliphatic carbocycles. The van der Waals surface area contributed by atoms with Gasteiger partial charge in [-0.2, -0.15) is 0 Å². The van der Waals surface area contributed by atoms with Gasteiger partial charge < -0.3 is 5.32 Å². The van der Waals surface area contributed by atoms with E-state index in [-0.39, 0.29) is 5.91 Å². The van der Waals surface area contributed by atoms with Crippen molar-refractivity contribution >= 4 is 46.6 Å². The molecule has 1 aromatic carbocycles. The summed E-state index contributed by atoms with van der Waals surface area (Å²) in [4.78, 5) is 21.1. The molecule has 2 aromatic heterocycles. The number of hydrogen-bond donors (Lipinski definition) is 1. The van der Waals surface area contributed by atoms with E-state index >= 15 is 0 Å². The number of nitrogens with zero attached hydrogens (tertiary/aromatic N) is 2. The van der Waals surface area contributed by atoms with Crippen LogP contribution >= 0.6 is 35.0 Å². The van der Waals surface area contributed by atoms with Gasteiger partial charge in [-0.25, -0.2) is 9.97 Å². The minimum absolute atomic E-state index is 0.193. The van der Waals surface area contributed by atoms with Crippen LogP contribution in [0.2, 0.25) is 10.3 Å². The predicted octanol–water partition coefficient (Wildman–Crippen LogP) is 5.94. The van der Waals surface area contributed by atoms with Gasteiger partial charge in [-0.1, -0.05) is 29.3 Å². The summed E-state index contributed by atoms with van der Waals surface area (Å²) in [6, 6.07) is 13.0. The quantitative estimate of drug-likeness (QED) is 0.411. The molecule has 138 valence electrons. The number of pyridine rings is 2. The number of thioether (sulfide) groups is 1. The number of halogens is 2. The van der Waals surface area contributed by atoms with Crippen LogP contribution < -0.4 is 5.32 Å². The van der Waals surface area contributed by atoms with E-state index in [0.717, 1.165) is 22.4 Å². The SMILES string of the molecule is Cc1cc(C)cc(NC(=O)c2cccnc2SCc2cc(Cl)nc(Cl)c2)c1. The molecular weight excluding hydrogens is 401 g/mol. The van der Waals surface area contributed by atoms with Crippen molar-refractivity contribution in [3.05, 3.63) is 81.2 Å². The van der Waals surface area contributed by atoms with Gasteiger partial charge in [-0.15, -0.1) is 11.8 Å². The third-order valence-corrected chi connectivity index (χ3v) is 5.16. The predicted molar refractivity (Wildman–Crippen MR) is 112 cm³/mol. The topological polar surface area (TPSA) is 54.9 Å². The number of anilines is 1. The van der Waals surface area contributed by atoms with Crippen molar-refractivity contribution in [2.75, 3.05) is 5.32 Å². The lowest BCUT2D eigenvalue weighted by Crippen LogP contribution is -2.14. The molecule has 0 fully saturated rings. The Balaban J connectivity index is 1.77. The van der Waals surface area contributed by atoms with Gasteiger partial charge in [-0.3, -0.25) is 4.79 Å². The smallest absolute Gasteiger partial charge is 0.258 e. The maximum Gasteiger partial charge on any atom is 0.258 e. The van der Waals surface area contributed by atoms with E-state index in [2.05, 4.69) is 21.4 Å². The number of benzene rings is 1. The first-order chi connectivity index (χ1) is 12.9. The molecule has 2 heterocycles.